The van der Waals surface area contributed by atoms with E-state index in [0.29, 0.717) is 34.4 Å². The van der Waals surface area contributed by atoms with Crippen molar-refractivity contribution in [1.29, 1.82) is 0 Å². The van der Waals surface area contributed by atoms with Crippen molar-refractivity contribution in [3.8, 4) is 5.75 Å². The van der Waals surface area contributed by atoms with Crippen LogP contribution >= 0.6 is 11.8 Å². The number of thioether (sulfide) groups is 1. The van der Waals surface area contributed by atoms with E-state index in [1.165, 1.54) is 11.8 Å². The summed E-state index contributed by atoms with van der Waals surface area (Å²) < 4.78 is 6.93. The molecule has 0 radical (unpaired) electrons. The van der Waals surface area contributed by atoms with Gasteiger partial charge in [0.2, 0.25) is 11.9 Å². The molecule has 0 bridgehead atoms. The highest BCUT2D eigenvalue weighted by molar-refractivity contribution is 7.99. The Morgan fingerprint density at radius 2 is 1.79 bits per heavy atom. The molecule has 0 spiro atoms. The van der Waals surface area contributed by atoms with E-state index in [1.54, 1.807) is 22.6 Å². The first-order chi connectivity index (χ1) is 15.9. The van der Waals surface area contributed by atoms with Crippen LogP contribution < -0.4 is 20.9 Å². The highest BCUT2D eigenvalue weighted by Crippen LogP contribution is 2.33. The van der Waals surface area contributed by atoms with Gasteiger partial charge in [-0.1, -0.05) is 36.0 Å². The van der Waals surface area contributed by atoms with Gasteiger partial charge in [0.05, 0.1) is 29.8 Å². The average Bonchev–Trinajstić information content (AvgIpc) is 2.81. The van der Waals surface area contributed by atoms with Crippen LogP contribution in [0.3, 0.4) is 0 Å². The summed E-state index contributed by atoms with van der Waals surface area (Å²) >= 11 is 1.41. The third-order valence-corrected chi connectivity index (χ3v) is 6.12. The van der Waals surface area contributed by atoms with Crippen LogP contribution in [0.4, 0.5) is 11.9 Å². The Morgan fingerprint density at radius 1 is 1.06 bits per heavy atom. The molecule has 0 saturated carbocycles. The van der Waals surface area contributed by atoms with E-state index in [-0.39, 0.29) is 16.8 Å². The number of nitrogen functional groups attached to an aromatic ring is 1. The van der Waals surface area contributed by atoms with Crippen LogP contribution in [0.15, 0.2) is 58.5 Å². The van der Waals surface area contributed by atoms with Crippen molar-refractivity contribution in [2.24, 2.45) is 0 Å². The molecule has 2 heterocycles. The molecule has 2 aromatic heterocycles. The summed E-state index contributed by atoms with van der Waals surface area (Å²) in [5.74, 6) is 1.91. The Labute approximate surface area is 195 Å². The van der Waals surface area contributed by atoms with Gasteiger partial charge in [0, 0.05) is 14.1 Å². The molecule has 2 N–H and O–H groups in total. The summed E-state index contributed by atoms with van der Waals surface area (Å²) in [6.45, 7) is 2.33. The van der Waals surface area contributed by atoms with Crippen molar-refractivity contribution in [2.45, 2.75) is 23.9 Å². The molecule has 9 nitrogen and oxygen atoms in total. The molecule has 1 unspecified atom stereocenters. The number of benzene rings is 2. The number of fused-ring (bicyclic) bond motifs is 1. The third kappa shape index (κ3) is 4.90. The number of hydrogen-bond donors (Lipinski definition) is 1. The van der Waals surface area contributed by atoms with Crippen LogP contribution in [0, 0.1) is 0 Å². The third-order valence-electron chi connectivity index (χ3n) is 5.03. The van der Waals surface area contributed by atoms with Crippen LogP contribution in [-0.2, 0) is 6.54 Å². The van der Waals surface area contributed by atoms with E-state index in [1.807, 2.05) is 63.5 Å². The largest absolute Gasteiger partial charge is 0.497 e. The number of nitrogens with two attached hydrogens (primary N) is 1. The zero-order chi connectivity index (χ0) is 23.5. The number of aromatic nitrogens is 5. The molecule has 0 amide bonds. The summed E-state index contributed by atoms with van der Waals surface area (Å²) in [6.07, 6.45) is 0. The number of hydrogen-bond acceptors (Lipinski definition) is 9. The Morgan fingerprint density at radius 3 is 2.48 bits per heavy atom. The van der Waals surface area contributed by atoms with E-state index < -0.39 is 0 Å². The topological polar surface area (TPSA) is 112 Å². The van der Waals surface area contributed by atoms with Crippen molar-refractivity contribution in [3.63, 3.8) is 0 Å². The maximum Gasteiger partial charge on any atom is 0.262 e. The van der Waals surface area contributed by atoms with E-state index in [4.69, 9.17) is 15.5 Å². The van der Waals surface area contributed by atoms with Gasteiger partial charge >= 0.3 is 0 Å². The first-order valence-electron chi connectivity index (χ1n) is 10.3. The number of nitrogens with zero attached hydrogens (tertiary/aromatic N) is 6. The Hall–Kier alpha value is -3.66. The minimum Gasteiger partial charge on any atom is -0.497 e. The number of anilines is 2. The standard InChI is InChI=1S/C23H25N7O2S/c1-14(19-26-21(24)28-22(27-19)29(2)3)33-23-25-18-8-6-5-7-17(18)20(31)30(23)13-15-9-11-16(32-4)12-10-15/h5-12,14H,13H2,1-4H3,(H2,24,26,27,28). The molecule has 0 aliphatic carbocycles. The molecule has 0 saturated heterocycles. The molecule has 4 aromatic rings. The molecule has 0 aliphatic heterocycles. The summed E-state index contributed by atoms with van der Waals surface area (Å²) in [5, 5.41) is 0.930. The van der Waals surface area contributed by atoms with Crippen molar-refractivity contribution < 1.29 is 4.74 Å². The number of methoxy groups -OCH3 is 1. The van der Waals surface area contributed by atoms with Crippen LogP contribution in [-0.4, -0.2) is 45.7 Å². The second-order valence-electron chi connectivity index (χ2n) is 7.66. The SMILES string of the molecule is COc1ccc(Cn2c(SC(C)c3nc(N)nc(N(C)C)n3)nc3ccccc3c2=O)cc1. The van der Waals surface area contributed by atoms with E-state index in [2.05, 4.69) is 15.0 Å². The molecular formula is C23H25N7O2S. The Balaban J connectivity index is 1.75. The van der Waals surface area contributed by atoms with E-state index >= 15 is 0 Å². The van der Waals surface area contributed by atoms with Gasteiger partial charge < -0.3 is 15.4 Å². The lowest BCUT2D eigenvalue weighted by atomic mass is 10.2. The zero-order valence-corrected chi connectivity index (χ0v) is 19.7. The fraction of sp³-hybridized carbons (Fsp3) is 0.261. The minimum absolute atomic E-state index is 0.102. The molecule has 1 atom stereocenters. The molecule has 4 rings (SSSR count). The monoisotopic (exact) mass is 463 g/mol. The summed E-state index contributed by atoms with van der Waals surface area (Å²) in [5.41, 5.74) is 7.41. The lowest BCUT2D eigenvalue weighted by molar-refractivity contribution is 0.414. The highest BCUT2D eigenvalue weighted by atomic mass is 32.2. The van der Waals surface area contributed by atoms with E-state index in [0.717, 1.165) is 11.3 Å². The fourth-order valence-electron chi connectivity index (χ4n) is 3.28. The Bertz CT molecular complexity index is 1340. The molecular weight excluding hydrogens is 438 g/mol. The molecule has 0 aliphatic rings. The molecule has 0 fully saturated rings. The second kappa shape index (κ2) is 9.45. The van der Waals surface area contributed by atoms with Gasteiger partial charge in [-0.15, -0.1) is 0 Å². The van der Waals surface area contributed by atoms with Crippen molar-refractivity contribution in [1.82, 2.24) is 24.5 Å². The number of ether oxygens (including phenoxy) is 1. The van der Waals surface area contributed by atoms with Gasteiger partial charge in [-0.25, -0.2) is 4.98 Å². The van der Waals surface area contributed by atoms with Gasteiger partial charge in [-0.2, -0.15) is 15.0 Å². The van der Waals surface area contributed by atoms with Crippen LogP contribution in [0.1, 0.15) is 23.6 Å². The van der Waals surface area contributed by atoms with Crippen LogP contribution in [0.5, 0.6) is 5.75 Å². The van der Waals surface area contributed by atoms with Gasteiger partial charge in [0.25, 0.3) is 5.56 Å². The average molecular weight is 464 g/mol. The molecule has 33 heavy (non-hydrogen) atoms. The maximum absolute atomic E-state index is 13.4. The van der Waals surface area contributed by atoms with Crippen molar-refractivity contribution in [3.05, 3.63) is 70.3 Å². The first kappa shape index (κ1) is 22.5. The van der Waals surface area contributed by atoms with Gasteiger partial charge in [0.15, 0.2) is 5.16 Å². The van der Waals surface area contributed by atoms with Crippen molar-refractivity contribution >= 4 is 34.6 Å². The second-order valence-corrected chi connectivity index (χ2v) is 8.97. The summed E-state index contributed by atoms with van der Waals surface area (Å²) in [4.78, 5) is 33.0. The highest BCUT2D eigenvalue weighted by Gasteiger charge is 2.19. The lowest BCUT2D eigenvalue weighted by Gasteiger charge is -2.17. The first-order valence-corrected chi connectivity index (χ1v) is 11.2. The van der Waals surface area contributed by atoms with Gasteiger partial charge in [-0.05, 0) is 36.8 Å². The molecule has 2 aromatic carbocycles. The maximum atomic E-state index is 13.4. The fourth-order valence-corrected chi connectivity index (χ4v) is 4.23. The van der Waals surface area contributed by atoms with Crippen LogP contribution in [0.2, 0.25) is 0 Å². The molecule has 170 valence electrons. The van der Waals surface area contributed by atoms with Crippen molar-refractivity contribution in [2.75, 3.05) is 31.8 Å². The quantitative estimate of drug-likeness (QED) is 0.326. The zero-order valence-electron chi connectivity index (χ0n) is 18.9. The summed E-state index contributed by atoms with van der Waals surface area (Å²) in [7, 11) is 5.31. The Kier molecular flexibility index (Phi) is 6.45. The summed E-state index contributed by atoms with van der Waals surface area (Å²) in [6, 6.07) is 15.0. The van der Waals surface area contributed by atoms with Gasteiger partial charge in [0.1, 0.15) is 11.6 Å². The number of rotatable bonds is 7. The lowest BCUT2D eigenvalue weighted by Crippen LogP contribution is -2.24. The minimum atomic E-state index is -0.218. The smallest absolute Gasteiger partial charge is 0.262 e. The van der Waals surface area contributed by atoms with E-state index in [9.17, 15) is 4.79 Å². The number of para-hydroxylation sites is 1. The van der Waals surface area contributed by atoms with Gasteiger partial charge in [-0.3, -0.25) is 9.36 Å². The molecule has 10 heteroatoms. The predicted octanol–water partition coefficient (Wildman–Crippen LogP) is 3.14. The predicted molar refractivity (Wildman–Crippen MR) is 131 cm³/mol. The normalized spacial score (nSPS) is 12.0. The van der Waals surface area contributed by atoms with Crippen LogP contribution in [0.25, 0.3) is 10.9 Å².